The zero-order valence-electron chi connectivity index (χ0n) is 9.27. The molecule has 16 heavy (non-hydrogen) atoms. The molecule has 6 nitrogen and oxygen atoms in total. The number of sulfonamides is 1. The van der Waals surface area contributed by atoms with Gasteiger partial charge in [-0.15, -0.1) is 6.58 Å². The number of nitrogens with one attached hydrogen (secondary N) is 1. The van der Waals surface area contributed by atoms with Crippen molar-refractivity contribution in [2.24, 2.45) is 0 Å². The second-order valence-electron chi connectivity index (χ2n) is 3.36. The molecule has 0 atom stereocenters. The largest absolute Gasteiger partial charge is 0.390 e. The number of hydrogen-bond acceptors (Lipinski definition) is 4. The van der Waals surface area contributed by atoms with Gasteiger partial charge in [0.05, 0.1) is 12.3 Å². The van der Waals surface area contributed by atoms with E-state index in [0.717, 1.165) is 4.31 Å². The lowest BCUT2D eigenvalue weighted by atomic mass is 10.4. The van der Waals surface area contributed by atoms with Gasteiger partial charge in [-0.25, -0.2) is 8.42 Å². The molecule has 7 heteroatoms. The molecule has 0 amide bonds. The molecule has 0 bridgehead atoms. The monoisotopic (exact) mass is 245 g/mol. The molecule has 0 aromatic carbocycles. The summed E-state index contributed by atoms with van der Waals surface area (Å²) in [5.74, 6) is 0. The van der Waals surface area contributed by atoms with Gasteiger partial charge in [-0.2, -0.15) is 9.40 Å². The number of nitrogens with zero attached hydrogens (tertiary/aromatic N) is 2. The maximum Gasteiger partial charge on any atom is 0.246 e. The Kier molecular flexibility index (Phi) is 3.84. The highest BCUT2D eigenvalue weighted by molar-refractivity contribution is 7.89. The molecule has 0 spiro atoms. The van der Waals surface area contributed by atoms with E-state index >= 15 is 0 Å². The van der Waals surface area contributed by atoms with Gasteiger partial charge in [-0.3, -0.25) is 5.10 Å². The second kappa shape index (κ2) is 4.77. The fraction of sp³-hybridized carbons (Fsp3) is 0.444. The number of aliphatic hydroxyl groups excluding tert-OH is 1. The normalized spacial score (nSPS) is 12.0. The van der Waals surface area contributed by atoms with Crippen molar-refractivity contribution in [1.82, 2.24) is 14.5 Å². The highest BCUT2D eigenvalue weighted by atomic mass is 32.2. The molecule has 2 N–H and O–H groups in total. The Balaban J connectivity index is 3.26. The fourth-order valence-corrected chi connectivity index (χ4v) is 2.81. The third-order valence-corrected chi connectivity index (χ3v) is 4.19. The number of aliphatic hydroxyl groups is 1. The number of aromatic nitrogens is 2. The van der Waals surface area contributed by atoms with E-state index in [1.165, 1.54) is 13.1 Å². The average Bonchev–Trinajstić information content (AvgIpc) is 2.60. The van der Waals surface area contributed by atoms with Gasteiger partial charge in [0.1, 0.15) is 10.6 Å². The molecule has 0 aliphatic carbocycles. The summed E-state index contributed by atoms with van der Waals surface area (Å²) >= 11 is 0. The molecule has 0 saturated heterocycles. The van der Waals surface area contributed by atoms with Crippen molar-refractivity contribution in [2.75, 3.05) is 13.6 Å². The van der Waals surface area contributed by atoms with Crippen LogP contribution in [0.2, 0.25) is 0 Å². The van der Waals surface area contributed by atoms with Crippen LogP contribution in [0.25, 0.3) is 0 Å². The van der Waals surface area contributed by atoms with E-state index in [9.17, 15) is 8.42 Å². The molecule has 1 heterocycles. The summed E-state index contributed by atoms with van der Waals surface area (Å²) in [7, 11) is -2.17. The third-order valence-electron chi connectivity index (χ3n) is 2.17. The molecule has 90 valence electrons. The lowest BCUT2D eigenvalue weighted by molar-refractivity contribution is 0.273. The first-order chi connectivity index (χ1) is 7.45. The zero-order chi connectivity index (χ0) is 12.3. The number of rotatable bonds is 5. The third kappa shape index (κ3) is 2.16. The Bertz CT molecular complexity index is 478. The van der Waals surface area contributed by atoms with E-state index in [-0.39, 0.29) is 17.1 Å². The van der Waals surface area contributed by atoms with Crippen molar-refractivity contribution >= 4 is 10.0 Å². The topological polar surface area (TPSA) is 86.3 Å². The number of hydrogen-bond donors (Lipinski definition) is 2. The van der Waals surface area contributed by atoms with Crippen LogP contribution in [0.1, 0.15) is 11.4 Å². The smallest absolute Gasteiger partial charge is 0.246 e. The predicted octanol–water partition coefficient (Wildman–Crippen LogP) is 0.0169. The first-order valence-electron chi connectivity index (χ1n) is 4.67. The Hall–Kier alpha value is -1.18. The van der Waals surface area contributed by atoms with Gasteiger partial charge in [0.15, 0.2) is 0 Å². The molecule has 1 rings (SSSR count). The quantitative estimate of drug-likeness (QED) is 0.716. The van der Waals surface area contributed by atoms with E-state index in [2.05, 4.69) is 16.8 Å². The molecule has 0 aliphatic rings. The Labute approximate surface area is 94.6 Å². The standard InChI is InChI=1S/C9H15N3O3S/c1-4-5-12(3)16(14,15)9-7(2)10-11-8(9)6-13/h4,13H,1,5-6H2,2-3H3,(H,10,11). The van der Waals surface area contributed by atoms with Crippen molar-refractivity contribution in [2.45, 2.75) is 18.4 Å². The molecule has 0 unspecified atom stereocenters. The minimum Gasteiger partial charge on any atom is -0.390 e. The first kappa shape index (κ1) is 12.9. The van der Waals surface area contributed by atoms with Crippen LogP contribution in [-0.2, 0) is 16.6 Å². The first-order valence-corrected chi connectivity index (χ1v) is 6.11. The Morgan fingerprint density at radius 1 is 1.62 bits per heavy atom. The molecule has 0 saturated carbocycles. The van der Waals surface area contributed by atoms with Crippen LogP contribution in [0, 0.1) is 6.92 Å². The summed E-state index contributed by atoms with van der Waals surface area (Å²) in [5, 5.41) is 15.3. The Morgan fingerprint density at radius 2 is 2.25 bits per heavy atom. The van der Waals surface area contributed by atoms with Gasteiger partial charge in [-0.05, 0) is 6.92 Å². The summed E-state index contributed by atoms with van der Waals surface area (Å²) < 4.78 is 25.3. The molecule has 0 aliphatic heterocycles. The van der Waals surface area contributed by atoms with Gasteiger partial charge in [0, 0.05) is 13.6 Å². The minimum absolute atomic E-state index is 0.0411. The fourth-order valence-electron chi connectivity index (χ4n) is 1.35. The summed E-state index contributed by atoms with van der Waals surface area (Å²) in [6.07, 6.45) is 1.49. The van der Waals surface area contributed by atoms with Crippen LogP contribution in [0.5, 0.6) is 0 Å². The van der Waals surface area contributed by atoms with E-state index in [1.54, 1.807) is 6.92 Å². The maximum atomic E-state index is 12.1. The number of H-pyrrole nitrogens is 1. The van der Waals surface area contributed by atoms with E-state index in [4.69, 9.17) is 5.11 Å². The van der Waals surface area contributed by atoms with Crippen LogP contribution in [0.4, 0.5) is 0 Å². The molecule has 0 radical (unpaired) electrons. The minimum atomic E-state index is -3.62. The van der Waals surface area contributed by atoms with Gasteiger partial charge in [0.2, 0.25) is 10.0 Å². The highest BCUT2D eigenvalue weighted by Crippen LogP contribution is 2.21. The van der Waals surface area contributed by atoms with Gasteiger partial charge >= 0.3 is 0 Å². The second-order valence-corrected chi connectivity index (χ2v) is 5.34. The molecular formula is C9H15N3O3S. The van der Waals surface area contributed by atoms with Crippen LogP contribution in [-0.4, -0.2) is 41.6 Å². The van der Waals surface area contributed by atoms with Crippen molar-refractivity contribution in [3.05, 3.63) is 24.0 Å². The SMILES string of the molecule is C=CCN(C)S(=O)(=O)c1c(CO)n[nH]c1C. The van der Waals surface area contributed by atoms with E-state index in [1.807, 2.05) is 0 Å². The number of aromatic amines is 1. The molecule has 1 aromatic heterocycles. The maximum absolute atomic E-state index is 12.1. The van der Waals surface area contributed by atoms with Gasteiger partial charge < -0.3 is 5.11 Å². The summed E-state index contributed by atoms with van der Waals surface area (Å²) in [5.41, 5.74) is 0.549. The lowest BCUT2D eigenvalue weighted by Crippen LogP contribution is -2.28. The van der Waals surface area contributed by atoms with E-state index in [0.29, 0.717) is 5.69 Å². The van der Waals surface area contributed by atoms with Crippen LogP contribution >= 0.6 is 0 Å². The van der Waals surface area contributed by atoms with E-state index < -0.39 is 16.6 Å². The number of likely N-dealkylation sites (N-methyl/N-ethyl adjacent to an activating group) is 1. The van der Waals surface area contributed by atoms with Crippen molar-refractivity contribution < 1.29 is 13.5 Å². The predicted molar refractivity (Wildman–Crippen MR) is 59.3 cm³/mol. The Morgan fingerprint density at radius 3 is 2.75 bits per heavy atom. The summed E-state index contributed by atoms with van der Waals surface area (Å²) in [6.45, 7) is 4.87. The van der Waals surface area contributed by atoms with Crippen molar-refractivity contribution in [3.63, 3.8) is 0 Å². The molecule has 0 fully saturated rings. The average molecular weight is 245 g/mol. The highest BCUT2D eigenvalue weighted by Gasteiger charge is 2.27. The van der Waals surface area contributed by atoms with Gasteiger partial charge in [0.25, 0.3) is 0 Å². The lowest BCUT2D eigenvalue weighted by Gasteiger charge is -2.15. The van der Waals surface area contributed by atoms with Crippen molar-refractivity contribution in [1.29, 1.82) is 0 Å². The molecule has 1 aromatic rings. The van der Waals surface area contributed by atoms with Crippen molar-refractivity contribution in [3.8, 4) is 0 Å². The molecular weight excluding hydrogens is 230 g/mol. The zero-order valence-corrected chi connectivity index (χ0v) is 10.1. The van der Waals surface area contributed by atoms with Gasteiger partial charge in [-0.1, -0.05) is 6.08 Å². The number of aryl methyl sites for hydroxylation is 1. The van der Waals surface area contributed by atoms with Crippen LogP contribution < -0.4 is 0 Å². The van der Waals surface area contributed by atoms with Crippen LogP contribution in [0.15, 0.2) is 17.6 Å². The summed E-state index contributed by atoms with van der Waals surface area (Å²) in [6, 6.07) is 0. The van der Waals surface area contributed by atoms with Crippen LogP contribution in [0.3, 0.4) is 0 Å². The summed E-state index contributed by atoms with van der Waals surface area (Å²) in [4.78, 5) is 0.0411.